The molecule has 0 bridgehead atoms. The van der Waals surface area contributed by atoms with Gasteiger partial charge in [0.15, 0.2) is 0 Å². The van der Waals surface area contributed by atoms with Crippen molar-refractivity contribution >= 4 is 33.2 Å². The van der Waals surface area contributed by atoms with E-state index in [9.17, 15) is 0 Å². The van der Waals surface area contributed by atoms with E-state index in [1.165, 1.54) is 16.7 Å². The van der Waals surface area contributed by atoms with E-state index < -0.39 is 0 Å². The van der Waals surface area contributed by atoms with Crippen LogP contribution in [0.5, 0.6) is 11.5 Å². The van der Waals surface area contributed by atoms with Gasteiger partial charge in [-0.2, -0.15) is 6.07 Å². The molecular weight excluding hydrogens is 892 g/mol. The molecule has 0 radical (unpaired) electrons. The molecule has 0 N–H and O–H groups in total. The van der Waals surface area contributed by atoms with Gasteiger partial charge in [-0.25, -0.2) is 4.98 Å². The number of para-hydroxylation sites is 1. The zero-order valence-corrected chi connectivity index (χ0v) is 35.9. The van der Waals surface area contributed by atoms with E-state index in [2.05, 4.69) is 221 Å². The second-order valence-electron chi connectivity index (χ2n) is 16.8. The second kappa shape index (κ2) is 15.5. The summed E-state index contributed by atoms with van der Waals surface area (Å²) in [5, 5.41) is 2.24. The molecule has 3 heterocycles. The summed E-state index contributed by atoms with van der Waals surface area (Å²) >= 11 is 0. The van der Waals surface area contributed by atoms with Crippen molar-refractivity contribution in [1.29, 1.82) is 0 Å². The van der Waals surface area contributed by atoms with Crippen molar-refractivity contribution < 1.29 is 25.8 Å². The van der Waals surface area contributed by atoms with Crippen LogP contribution in [-0.2, 0) is 31.9 Å². The third-order valence-corrected chi connectivity index (χ3v) is 10.7. The van der Waals surface area contributed by atoms with Crippen LogP contribution in [0.2, 0.25) is 0 Å². The van der Waals surface area contributed by atoms with Crippen LogP contribution >= 0.6 is 0 Å². The van der Waals surface area contributed by atoms with Crippen molar-refractivity contribution in [2.45, 2.75) is 52.4 Å². The number of fused-ring (bicyclic) bond motifs is 3. The van der Waals surface area contributed by atoms with Gasteiger partial charge in [-0.1, -0.05) is 132 Å². The van der Waals surface area contributed by atoms with Crippen LogP contribution in [0.25, 0.3) is 49.9 Å². The molecule has 0 saturated carbocycles. The van der Waals surface area contributed by atoms with Gasteiger partial charge in [0.25, 0.3) is 0 Å². The number of hydrogen-bond donors (Lipinski definition) is 0. The van der Waals surface area contributed by atoms with Crippen molar-refractivity contribution in [1.82, 2.24) is 9.55 Å². The Labute approximate surface area is 356 Å². The minimum Gasteiger partial charge on any atom is -0.509 e. The van der Waals surface area contributed by atoms with E-state index in [-0.39, 0.29) is 31.9 Å². The molecule has 0 unspecified atom stereocenters. The molecule has 6 aromatic carbocycles. The standard InChI is InChI=1S/C52H45N4O.Pt/c1-51(2,3)39-25-26-53-50(32-39)56-48-20-14-13-19-44(48)45-23-22-42(34-49(45)56)57-43-31-40(52(4,5)6)30-41(33-43)54-27-28-55(35-54)47-24-21-38(36-15-9-7-10-16-36)29-46(47)37-17-11-8-12-18-37;/h7-32,35H,1-6H3;/q-3;. The maximum absolute atomic E-state index is 6.71. The minimum absolute atomic E-state index is 0. The average molecular weight is 937 g/mol. The monoisotopic (exact) mass is 936 g/mol. The van der Waals surface area contributed by atoms with E-state index in [0.29, 0.717) is 11.5 Å². The fourth-order valence-electron chi connectivity index (χ4n) is 7.51. The van der Waals surface area contributed by atoms with Crippen molar-refractivity contribution in [3.8, 4) is 39.6 Å². The number of nitrogens with zero attached hydrogens (tertiary/aromatic N) is 4. The molecule has 0 fully saturated rings. The number of aromatic nitrogens is 2. The van der Waals surface area contributed by atoms with Crippen molar-refractivity contribution in [2.24, 2.45) is 0 Å². The molecule has 0 saturated heterocycles. The topological polar surface area (TPSA) is 33.5 Å². The molecule has 6 heteroatoms. The summed E-state index contributed by atoms with van der Waals surface area (Å²) < 4.78 is 8.90. The summed E-state index contributed by atoms with van der Waals surface area (Å²) in [5.74, 6) is 2.10. The van der Waals surface area contributed by atoms with Crippen LogP contribution < -0.4 is 14.5 Å². The van der Waals surface area contributed by atoms with Gasteiger partial charge in [0.1, 0.15) is 5.82 Å². The second-order valence-corrected chi connectivity index (χ2v) is 16.8. The number of benzene rings is 6. The molecule has 9 rings (SSSR count). The number of hydrogen-bond acceptors (Lipinski definition) is 4. The summed E-state index contributed by atoms with van der Waals surface area (Å²) in [4.78, 5) is 9.14. The quantitative estimate of drug-likeness (QED) is 0.149. The van der Waals surface area contributed by atoms with E-state index >= 15 is 0 Å². The molecule has 58 heavy (non-hydrogen) atoms. The molecule has 1 aliphatic heterocycles. The number of rotatable bonds is 7. The third-order valence-electron chi connectivity index (χ3n) is 10.7. The maximum atomic E-state index is 6.71. The van der Waals surface area contributed by atoms with Gasteiger partial charge in [0, 0.05) is 55.5 Å². The first kappa shape index (κ1) is 38.9. The Hall–Kier alpha value is -5.90. The number of pyridine rings is 1. The van der Waals surface area contributed by atoms with Crippen LogP contribution in [-0.4, -0.2) is 9.55 Å². The van der Waals surface area contributed by atoms with Gasteiger partial charge in [0.05, 0.1) is 0 Å². The molecule has 1 aliphatic rings. The average Bonchev–Trinajstić information content (AvgIpc) is 3.84. The van der Waals surface area contributed by atoms with Crippen LogP contribution in [0.15, 0.2) is 158 Å². The SMILES string of the molecule is CC(C)(C)c1cc(Oc2[c-]c3c(cc2)c2ccccc2n3-c2cc(C(C)(C)C)ccn2)[c-]c(N2C=CN(c3ccc(-c4ccccc4)cc3-c3ccccc3)[CH-]2)c1.[Pt]. The molecule has 292 valence electrons. The van der Waals surface area contributed by atoms with Gasteiger partial charge in [-0.3, -0.25) is 0 Å². The van der Waals surface area contributed by atoms with Crippen molar-refractivity contribution in [3.63, 3.8) is 0 Å². The Balaban J connectivity index is 0.00000469. The first-order chi connectivity index (χ1) is 27.5. The summed E-state index contributed by atoms with van der Waals surface area (Å²) in [5.41, 5.74) is 10.9. The molecule has 0 amide bonds. The summed E-state index contributed by atoms with van der Waals surface area (Å²) in [6, 6.07) is 56.2. The van der Waals surface area contributed by atoms with E-state index in [4.69, 9.17) is 9.72 Å². The molecule has 0 aliphatic carbocycles. The molecular formula is C52H45N4OPt-3. The molecule has 0 atom stereocenters. The zero-order chi connectivity index (χ0) is 39.3. The number of anilines is 2. The van der Waals surface area contributed by atoms with Crippen molar-refractivity contribution in [2.75, 3.05) is 9.80 Å². The Bertz CT molecular complexity index is 2780. The Morgan fingerprint density at radius 2 is 1.26 bits per heavy atom. The molecule has 8 aromatic rings. The molecule has 2 aromatic heterocycles. The molecule has 5 nitrogen and oxygen atoms in total. The van der Waals surface area contributed by atoms with Gasteiger partial charge in [-0.05, 0) is 81.2 Å². The Kier molecular flexibility index (Phi) is 10.4. The summed E-state index contributed by atoms with van der Waals surface area (Å²) in [7, 11) is 0. The van der Waals surface area contributed by atoms with Crippen LogP contribution in [0.3, 0.4) is 0 Å². The fraction of sp³-hybridized carbons (Fsp3) is 0.154. The van der Waals surface area contributed by atoms with Gasteiger partial charge in [-0.15, -0.1) is 53.6 Å². The largest absolute Gasteiger partial charge is 0.509 e. The van der Waals surface area contributed by atoms with E-state index in [0.717, 1.165) is 55.7 Å². The Morgan fingerprint density at radius 1 is 0.569 bits per heavy atom. The smallest absolute Gasteiger partial charge is 0.135 e. The van der Waals surface area contributed by atoms with Crippen LogP contribution in [0.1, 0.15) is 52.7 Å². The number of ether oxygens (including phenoxy) is 1. The van der Waals surface area contributed by atoms with Crippen molar-refractivity contribution in [3.05, 3.63) is 188 Å². The molecule has 0 spiro atoms. The van der Waals surface area contributed by atoms with Gasteiger partial charge < -0.3 is 19.1 Å². The van der Waals surface area contributed by atoms with Crippen LogP contribution in [0.4, 0.5) is 11.4 Å². The van der Waals surface area contributed by atoms with Crippen LogP contribution in [0, 0.1) is 18.8 Å². The first-order valence-corrected chi connectivity index (χ1v) is 19.5. The van der Waals surface area contributed by atoms with E-state index in [1.54, 1.807) is 0 Å². The predicted octanol–water partition coefficient (Wildman–Crippen LogP) is 13.4. The van der Waals surface area contributed by atoms with Gasteiger partial charge >= 0.3 is 0 Å². The minimum atomic E-state index is -0.136. The fourth-order valence-corrected chi connectivity index (χ4v) is 7.51. The summed E-state index contributed by atoms with van der Waals surface area (Å²) in [6.45, 7) is 15.5. The normalized spacial score (nSPS) is 13.0. The first-order valence-electron chi connectivity index (χ1n) is 19.5. The Morgan fingerprint density at radius 3 is 2.00 bits per heavy atom. The summed E-state index contributed by atoms with van der Waals surface area (Å²) in [6.07, 6.45) is 6.08. The third kappa shape index (κ3) is 7.60. The predicted molar refractivity (Wildman–Crippen MR) is 236 cm³/mol. The van der Waals surface area contributed by atoms with E-state index in [1.807, 2.05) is 12.3 Å². The maximum Gasteiger partial charge on any atom is 0.135 e. The zero-order valence-electron chi connectivity index (χ0n) is 33.6. The van der Waals surface area contributed by atoms with Gasteiger partial charge in [0.2, 0.25) is 0 Å².